The molecule has 3 nitrogen and oxygen atoms in total. The smallest absolute Gasteiger partial charge is 0.119 e. The van der Waals surface area contributed by atoms with Crippen molar-refractivity contribution in [2.24, 2.45) is 0 Å². The van der Waals surface area contributed by atoms with Gasteiger partial charge in [-0.1, -0.05) is 48.5 Å². The Morgan fingerprint density at radius 2 is 1.70 bits per heavy atom. The zero-order chi connectivity index (χ0) is 18.2. The number of benzene rings is 3. The van der Waals surface area contributed by atoms with Crippen molar-refractivity contribution in [3.63, 3.8) is 0 Å². The van der Waals surface area contributed by atoms with Gasteiger partial charge in [-0.2, -0.15) is 0 Å². The average molecular weight is 354 g/mol. The molecule has 27 heavy (non-hydrogen) atoms. The molecule has 5 rings (SSSR count). The zero-order valence-electron chi connectivity index (χ0n) is 15.3. The molecule has 134 valence electrons. The molecule has 0 saturated heterocycles. The number of nitrogens with one attached hydrogen (secondary N) is 2. The zero-order valence-corrected chi connectivity index (χ0v) is 15.3. The van der Waals surface area contributed by atoms with E-state index in [-0.39, 0.29) is 6.04 Å². The molecule has 1 aromatic heterocycles. The molecule has 0 amide bonds. The first kappa shape index (κ1) is 16.0. The lowest BCUT2D eigenvalue weighted by molar-refractivity contribution is 0.413. The van der Waals surface area contributed by atoms with Crippen LogP contribution in [0.5, 0.6) is 5.75 Å². The molecule has 2 heterocycles. The standard InChI is InChI=1S/C24H22N2O/c1-27-17-11-12-23-20(13-17)19(14-24(26-23)16-7-3-2-4-8-16)21-15-25-22-10-6-5-9-18(21)22/h2-13,15,19,24-26H,14H2,1H3/t19-,24+/m0/s1. The number of para-hydroxylation sites is 1. The maximum absolute atomic E-state index is 5.51. The number of aromatic amines is 1. The summed E-state index contributed by atoms with van der Waals surface area (Å²) in [6, 6.07) is 25.9. The minimum atomic E-state index is 0.283. The highest BCUT2D eigenvalue weighted by atomic mass is 16.5. The van der Waals surface area contributed by atoms with Crippen molar-refractivity contribution in [3.8, 4) is 5.75 Å². The van der Waals surface area contributed by atoms with E-state index in [9.17, 15) is 0 Å². The molecule has 4 aromatic rings. The van der Waals surface area contributed by atoms with Crippen LogP contribution >= 0.6 is 0 Å². The van der Waals surface area contributed by atoms with Crippen LogP contribution in [-0.4, -0.2) is 12.1 Å². The molecule has 0 aliphatic carbocycles. The van der Waals surface area contributed by atoms with Gasteiger partial charge in [0.25, 0.3) is 0 Å². The summed E-state index contributed by atoms with van der Waals surface area (Å²) in [6.45, 7) is 0. The van der Waals surface area contributed by atoms with E-state index in [1.54, 1.807) is 7.11 Å². The number of H-pyrrole nitrogens is 1. The lowest BCUT2D eigenvalue weighted by Crippen LogP contribution is -2.22. The van der Waals surface area contributed by atoms with Crippen molar-refractivity contribution in [2.75, 3.05) is 12.4 Å². The normalized spacial score (nSPS) is 18.7. The van der Waals surface area contributed by atoms with Gasteiger partial charge in [0.2, 0.25) is 0 Å². The predicted molar refractivity (Wildman–Crippen MR) is 111 cm³/mol. The SMILES string of the molecule is COc1ccc2c(c1)[C@@H](c1c[nH]c3ccccc13)C[C@H](c1ccccc1)N2. The Hall–Kier alpha value is -3.20. The number of hydrogen-bond acceptors (Lipinski definition) is 2. The monoisotopic (exact) mass is 354 g/mol. The van der Waals surface area contributed by atoms with Crippen LogP contribution in [0.2, 0.25) is 0 Å². The van der Waals surface area contributed by atoms with Crippen LogP contribution in [0.4, 0.5) is 5.69 Å². The first-order valence-electron chi connectivity index (χ1n) is 9.39. The Morgan fingerprint density at radius 1 is 0.889 bits per heavy atom. The van der Waals surface area contributed by atoms with Gasteiger partial charge < -0.3 is 15.0 Å². The molecule has 0 radical (unpaired) electrons. The number of methoxy groups -OCH3 is 1. The van der Waals surface area contributed by atoms with E-state index in [0.717, 1.165) is 12.2 Å². The molecule has 0 unspecified atom stereocenters. The van der Waals surface area contributed by atoms with Gasteiger partial charge in [-0.25, -0.2) is 0 Å². The van der Waals surface area contributed by atoms with E-state index < -0.39 is 0 Å². The Bertz CT molecular complexity index is 1080. The number of rotatable bonds is 3. The van der Waals surface area contributed by atoms with Crippen molar-refractivity contribution in [2.45, 2.75) is 18.4 Å². The van der Waals surface area contributed by atoms with E-state index in [2.05, 4.69) is 83.2 Å². The van der Waals surface area contributed by atoms with Gasteiger partial charge in [0.05, 0.1) is 13.2 Å². The van der Waals surface area contributed by atoms with Crippen LogP contribution in [0.25, 0.3) is 10.9 Å². The van der Waals surface area contributed by atoms with E-state index >= 15 is 0 Å². The number of hydrogen-bond donors (Lipinski definition) is 2. The summed E-state index contributed by atoms with van der Waals surface area (Å²) in [4.78, 5) is 3.45. The minimum Gasteiger partial charge on any atom is -0.497 e. The summed E-state index contributed by atoms with van der Waals surface area (Å²) in [7, 11) is 1.73. The molecule has 0 bridgehead atoms. The molecule has 3 heteroatoms. The van der Waals surface area contributed by atoms with Gasteiger partial charge in [-0.15, -0.1) is 0 Å². The molecular weight excluding hydrogens is 332 g/mol. The van der Waals surface area contributed by atoms with Gasteiger partial charge in [-0.05, 0) is 47.4 Å². The fourth-order valence-electron chi connectivity index (χ4n) is 4.28. The highest BCUT2D eigenvalue weighted by Gasteiger charge is 2.30. The fraction of sp³-hybridized carbons (Fsp3) is 0.167. The fourth-order valence-corrected chi connectivity index (χ4v) is 4.28. The predicted octanol–water partition coefficient (Wildman–Crippen LogP) is 5.87. The summed E-state index contributed by atoms with van der Waals surface area (Å²) in [5, 5.41) is 5.04. The first-order valence-corrected chi connectivity index (χ1v) is 9.39. The Balaban J connectivity index is 1.66. The molecule has 0 saturated carbocycles. The Kier molecular flexibility index (Phi) is 3.86. The van der Waals surface area contributed by atoms with Crippen molar-refractivity contribution in [1.29, 1.82) is 0 Å². The highest BCUT2D eigenvalue weighted by Crippen LogP contribution is 2.46. The second-order valence-corrected chi connectivity index (χ2v) is 7.14. The van der Waals surface area contributed by atoms with Crippen molar-refractivity contribution >= 4 is 16.6 Å². The average Bonchev–Trinajstić information content (AvgIpc) is 3.17. The van der Waals surface area contributed by atoms with Crippen LogP contribution in [0.15, 0.2) is 79.0 Å². The third-order valence-corrected chi connectivity index (χ3v) is 5.63. The second kappa shape index (κ2) is 6.51. The maximum Gasteiger partial charge on any atom is 0.119 e. The van der Waals surface area contributed by atoms with Crippen LogP contribution in [0.1, 0.15) is 35.1 Å². The number of aromatic nitrogens is 1. The van der Waals surface area contributed by atoms with Gasteiger partial charge in [0.15, 0.2) is 0 Å². The summed E-state index contributed by atoms with van der Waals surface area (Å²) >= 11 is 0. The Morgan fingerprint density at radius 3 is 2.56 bits per heavy atom. The molecule has 0 spiro atoms. The van der Waals surface area contributed by atoms with E-state index in [4.69, 9.17) is 4.74 Å². The van der Waals surface area contributed by atoms with Gasteiger partial charge in [0.1, 0.15) is 5.75 Å². The van der Waals surface area contributed by atoms with Gasteiger partial charge in [-0.3, -0.25) is 0 Å². The van der Waals surface area contributed by atoms with Crippen molar-refractivity contribution in [1.82, 2.24) is 4.98 Å². The molecular formula is C24H22N2O. The molecule has 1 aliphatic rings. The number of fused-ring (bicyclic) bond motifs is 2. The quantitative estimate of drug-likeness (QED) is 0.483. The number of anilines is 1. The lowest BCUT2D eigenvalue weighted by atomic mass is 9.80. The van der Waals surface area contributed by atoms with E-state index in [0.29, 0.717) is 5.92 Å². The second-order valence-electron chi connectivity index (χ2n) is 7.14. The summed E-state index contributed by atoms with van der Waals surface area (Å²) in [5.41, 5.74) is 6.34. The third-order valence-electron chi connectivity index (χ3n) is 5.63. The summed E-state index contributed by atoms with van der Waals surface area (Å²) in [6.07, 6.45) is 3.18. The third kappa shape index (κ3) is 2.76. The van der Waals surface area contributed by atoms with Crippen molar-refractivity contribution in [3.05, 3.63) is 95.7 Å². The lowest BCUT2D eigenvalue weighted by Gasteiger charge is -2.34. The van der Waals surface area contributed by atoms with E-state index in [1.165, 1.54) is 33.3 Å². The van der Waals surface area contributed by atoms with Crippen LogP contribution in [0, 0.1) is 0 Å². The number of ether oxygens (including phenoxy) is 1. The van der Waals surface area contributed by atoms with Gasteiger partial charge in [0, 0.05) is 28.7 Å². The molecule has 0 fully saturated rings. The highest BCUT2D eigenvalue weighted by molar-refractivity contribution is 5.84. The molecule has 2 atom stereocenters. The molecule has 1 aliphatic heterocycles. The van der Waals surface area contributed by atoms with E-state index in [1.807, 2.05) is 6.07 Å². The molecule has 3 aromatic carbocycles. The van der Waals surface area contributed by atoms with Crippen LogP contribution in [0.3, 0.4) is 0 Å². The first-order chi connectivity index (χ1) is 13.3. The topological polar surface area (TPSA) is 37.0 Å². The summed E-state index contributed by atoms with van der Waals surface area (Å²) < 4.78 is 5.51. The van der Waals surface area contributed by atoms with Crippen LogP contribution in [-0.2, 0) is 0 Å². The largest absolute Gasteiger partial charge is 0.497 e. The maximum atomic E-state index is 5.51. The minimum absolute atomic E-state index is 0.283. The van der Waals surface area contributed by atoms with Gasteiger partial charge >= 0.3 is 0 Å². The Labute approximate surface area is 159 Å². The van der Waals surface area contributed by atoms with Crippen molar-refractivity contribution < 1.29 is 4.74 Å². The summed E-state index contributed by atoms with van der Waals surface area (Å²) in [5.74, 6) is 1.20. The molecule has 2 N–H and O–H groups in total. The van der Waals surface area contributed by atoms with Crippen LogP contribution < -0.4 is 10.1 Å².